The molecule has 0 aliphatic carbocycles. The highest BCUT2D eigenvalue weighted by Crippen LogP contribution is 2.33. The van der Waals surface area contributed by atoms with Crippen molar-refractivity contribution in [2.45, 2.75) is 57.7 Å². The number of fused-ring (bicyclic) bond motifs is 3. The number of nitrogens with zero attached hydrogens (tertiary/aromatic N) is 3. The molecular formula is C23H26N4O2S. The number of thioether (sulfide) groups is 1. The van der Waals surface area contributed by atoms with Gasteiger partial charge in [0.25, 0.3) is 0 Å². The molecule has 1 N–H and O–H groups in total. The number of aromatic nitrogens is 3. The maximum Gasteiger partial charge on any atom is 0.237 e. The number of carbonyl (C=O) groups excluding carboxylic acids is 1. The monoisotopic (exact) mass is 422 g/mol. The number of benzene rings is 1. The molecule has 3 heterocycles. The lowest BCUT2D eigenvalue weighted by Gasteiger charge is -2.18. The van der Waals surface area contributed by atoms with Crippen LogP contribution in [0.1, 0.15) is 42.8 Å². The van der Waals surface area contributed by atoms with Gasteiger partial charge in [0.1, 0.15) is 10.9 Å². The van der Waals surface area contributed by atoms with E-state index in [1.165, 1.54) is 17.3 Å². The fourth-order valence-corrected chi connectivity index (χ4v) is 4.87. The van der Waals surface area contributed by atoms with Crippen molar-refractivity contribution >= 4 is 40.0 Å². The molecule has 0 saturated carbocycles. The number of amides is 1. The summed E-state index contributed by atoms with van der Waals surface area (Å²) >= 11 is 1.45. The average molecular weight is 423 g/mol. The van der Waals surface area contributed by atoms with E-state index in [4.69, 9.17) is 4.42 Å². The highest BCUT2D eigenvalue weighted by atomic mass is 32.2. The summed E-state index contributed by atoms with van der Waals surface area (Å²) in [4.78, 5) is 13.1. The second kappa shape index (κ2) is 8.14. The highest BCUT2D eigenvalue weighted by Gasteiger charge is 2.23. The molecule has 156 valence electrons. The van der Waals surface area contributed by atoms with Gasteiger partial charge in [-0.25, -0.2) is 0 Å². The minimum atomic E-state index is -0.281. The van der Waals surface area contributed by atoms with E-state index < -0.39 is 0 Å². The quantitative estimate of drug-likeness (QED) is 0.417. The Bertz CT molecular complexity index is 1220. The third-order valence-corrected chi connectivity index (χ3v) is 6.66. The lowest BCUT2D eigenvalue weighted by molar-refractivity contribution is -0.115. The van der Waals surface area contributed by atoms with Crippen LogP contribution in [0.5, 0.6) is 0 Å². The Balaban J connectivity index is 1.66. The molecule has 4 rings (SSSR count). The van der Waals surface area contributed by atoms with Crippen molar-refractivity contribution in [3.05, 3.63) is 53.0 Å². The zero-order valence-electron chi connectivity index (χ0n) is 17.9. The first-order valence-corrected chi connectivity index (χ1v) is 11.1. The number of furan rings is 1. The number of anilines is 1. The zero-order chi connectivity index (χ0) is 21.4. The first kappa shape index (κ1) is 20.5. The van der Waals surface area contributed by atoms with Gasteiger partial charge in [-0.1, -0.05) is 43.3 Å². The summed E-state index contributed by atoms with van der Waals surface area (Å²) < 4.78 is 7.66. The maximum atomic E-state index is 13.1. The fraction of sp³-hybridized carbons (Fsp3) is 0.348. The van der Waals surface area contributed by atoms with Gasteiger partial charge in [-0.15, -0.1) is 10.2 Å². The Morgan fingerprint density at radius 2 is 1.87 bits per heavy atom. The molecule has 1 amide bonds. The number of rotatable bonds is 6. The Hall–Kier alpha value is -2.80. The Kier molecular flexibility index (Phi) is 5.56. The SMILES string of the molecule is CCc1nnc(S[C@@H](CC)C(=O)Nc2c(C)cc(C)cc2C)c2cc3occc3n12. The van der Waals surface area contributed by atoms with Crippen LogP contribution in [0.4, 0.5) is 5.69 Å². The van der Waals surface area contributed by atoms with E-state index in [2.05, 4.69) is 45.9 Å². The smallest absolute Gasteiger partial charge is 0.237 e. The van der Waals surface area contributed by atoms with Gasteiger partial charge in [-0.3, -0.25) is 9.20 Å². The molecule has 7 heteroatoms. The van der Waals surface area contributed by atoms with E-state index in [1.54, 1.807) is 6.26 Å². The number of hydrogen-bond donors (Lipinski definition) is 1. The van der Waals surface area contributed by atoms with Crippen LogP contribution in [-0.4, -0.2) is 25.8 Å². The Morgan fingerprint density at radius 1 is 1.13 bits per heavy atom. The molecular weight excluding hydrogens is 396 g/mol. The maximum absolute atomic E-state index is 13.1. The second-order valence-corrected chi connectivity index (χ2v) is 8.78. The summed E-state index contributed by atoms with van der Waals surface area (Å²) in [6.07, 6.45) is 3.12. The molecule has 0 spiro atoms. The van der Waals surface area contributed by atoms with Crippen molar-refractivity contribution in [1.82, 2.24) is 14.6 Å². The summed E-state index contributed by atoms with van der Waals surface area (Å²) in [5.74, 6) is 0.849. The summed E-state index contributed by atoms with van der Waals surface area (Å²) in [7, 11) is 0. The van der Waals surface area contributed by atoms with Crippen molar-refractivity contribution in [3.63, 3.8) is 0 Å². The van der Waals surface area contributed by atoms with Gasteiger partial charge in [-0.2, -0.15) is 0 Å². The van der Waals surface area contributed by atoms with E-state index in [0.717, 1.165) is 50.7 Å². The second-order valence-electron chi connectivity index (χ2n) is 7.59. The molecule has 6 nitrogen and oxygen atoms in total. The molecule has 0 aliphatic heterocycles. The number of hydrogen-bond acceptors (Lipinski definition) is 5. The molecule has 1 aromatic carbocycles. The molecule has 4 aromatic rings. The van der Waals surface area contributed by atoms with E-state index in [-0.39, 0.29) is 11.2 Å². The molecule has 0 bridgehead atoms. The van der Waals surface area contributed by atoms with Gasteiger partial charge in [0.15, 0.2) is 5.58 Å². The fourth-order valence-electron chi connectivity index (χ4n) is 3.91. The van der Waals surface area contributed by atoms with Crippen LogP contribution in [0.25, 0.3) is 16.6 Å². The summed E-state index contributed by atoms with van der Waals surface area (Å²) in [6.45, 7) is 10.2. The molecule has 3 aromatic heterocycles. The van der Waals surface area contributed by atoms with Crippen molar-refractivity contribution in [2.24, 2.45) is 0 Å². The van der Waals surface area contributed by atoms with Crippen LogP contribution < -0.4 is 5.32 Å². The molecule has 1 atom stereocenters. The van der Waals surface area contributed by atoms with Gasteiger partial charge >= 0.3 is 0 Å². The summed E-state index contributed by atoms with van der Waals surface area (Å²) in [6, 6.07) is 8.09. The molecule has 30 heavy (non-hydrogen) atoms. The molecule has 0 saturated heterocycles. The van der Waals surface area contributed by atoms with Gasteiger partial charge in [0.2, 0.25) is 5.91 Å². The highest BCUT2D eigenvalue weighted by molar-refractivity contribution is 8.00. The first-order chi connectivity index (χ1) is 14.4. The van der Waals surface area contributed by atoms with Crippen LogP contribution in [0.2, 0.25) is 0 Å². The minimum Gasteiger partial charge on any atom is -0.463 e. The molecule has 0 aliphatic rings. The van der Waals surface area contributed by atoms with Crippen molar-refractivity contribution in [1.29, 1.82) is 0 Å². The predicted molar refractivity (Wildman–Crippen MR) is 121 cm³/mol. The van der Waals surface area contributed by atoms with Gasteiger partial charge in [0, 0.05) is 24.2 Å². The van der Waals surface area contributed by atoms with Crippen LogP contribution in [0.3, 0.4) is 0 Å². The largest absolute Gasteiger partial charge is 0.463 e. The lowest BCUT2D eigenvalue weighted by Crippen LogP contribution is -2.25. The summed E-state index contributed by atoms with van der Waals surface area (Å²) in [5.41, 5.74) is 6.92. The standard InChI is InChI=1S/C23H26N4O2S/c1-6-19(22(28)24-21-14(4)10-13(3)11-15(21)5)30-23-17-12-18-16(8-9-29-18)27(17)20(7-2)25-26-23/h8-12,19H,6-7H2,1-5H3,(H,24,28)/t19-/m0/s1. The molecule has 0 unspecified atom stereocenters. The van der Waals surface area contributed by atoms with Gasteiger partial charge in [0.05, 0.1) is 22.5 Å². The van der Waals surface area contributed by atoms with E-state index in [0.29, 0.717) is 6.42 Å². The first-order valence-electron chi connectivity index (χ1n) is 10.2. The molecule has 0 radical (unpaired) electrons. The van der Waals surface area contributed by atoms with Crippen LogP contribution >= 0.6 is 11.8 Å². The predicted octanol–water partition coefficient (Wildman–Crippen LogP) is 5.47. The van der Waals surface area contributed by atoms with Gasteiger partial charge < -0.3 is 9.73 Å². The third kappa shape index (κ3) is 3.58. The molecule has 0 fully saturated rings. The average Bonchev–Trinajstić information content (AvgIpc) is 3.30. The van der Waals surface area contributed by atoms with Crippen molar-refractivity contribution in [2.75, 3.05) is 5.32 Å². The van der Waals surface area contributed by atoms with Crippen LogP contribution in [0, 0.1) is 20.8 Å². The van der Waals surface area contributed by atoms with E-state index in [1.807, 2.05) is 32.9 Å². The van der Waals surface area contributed by atoms with E-state index in [9.17, 15) is 4.79 Å². The van der Waals surface area contributed by atoms with Crippen LogP contribution in [0.15, 0.2) is 40.0 Å². The normalized spacial score (nSPS) is 12.6. The Morgan fingerprint density at radius 3 is 2.53 bits per heavy atom. The number of aryl methyl sites for hydroxylation is 4. The lowest BCUT2D eigenvalue weighted by atomic mass is 10.0. The van der Waals surface area contributed by atoms with Crippen molar-refractivity contribution in [3.8, 4) is 0 Å². The topological polar surface area (TPSA) is 72.4 Å². The summed E-state index contributed by atoms with van der Waals surface area (Å²) in [5, 5.41) is 12.5. The Labute approximate surface area is 180 Å². The minimum absolute atomic E-state index is 0.0210. The number of carbonyl (C=O) groups is 1. The number of nitrogens with one attached hydrogen (secondary N) is 1. The van der Waals surface area contributed by atoms with Gasteiger partial charge in [-0.05, 0) is 38.3 Å². The third-order valence-electron chi connectivity index (χ3n) is 5.32. The van der Waals surface area contributed by atoms with Crippen molar-refractivity contribution < 1.29 is 9.21 Å². The van der Waals surface area contributed by atoms with Crippen LogP contribution in [-0.2, 0) is 11.2 Å². The zero-order valence-corrected chi connectivity index (χ0v) is 18.8. The van der Waals surface area contributed by atoms with E-state index >= 15 is 0 Å².